The van der Waals surface area contributed by atoms with Crippen molar-refractivity contribution in [1.82, 2.24) is 4.98 Å². The average Bonchev–Trinajstić information content (AvgIpc) is 2.41. The second-order valence-corrected chi connectivity index (χ2v) is 4.23. The first-order valence-electron chi connectivity index (χ1n) is 5.86. The number of aromatic nitrogens is 1. The van der Waals surface area contributed by atoms with E-state index in [9.17, 15) is 10.1 Å². The van der Waals surface area contributed by atoms with Crippen LogP contribution >= 0.6 is 0 Å². The summed E-state index contributed by atoms with van der Waals surface area (Å²) >= 11 is 0. The zero-order chi connectivity index (χ0) is 14.7. The number of nitriles is 1. The minimum atomic E-state index is -0.641. The first kappa shape index (κ1) is 13.4. The van der Waals surface area contributed by atoms with E-state index in [1.165, 1.54) is 12.1 Å². The predicted molar refractivity (Wildman–Crippen MR) is 76.3 cm³/mol. The second-order valence-electron chi connectivity index (χ2n) is 4.23. The van der Waals surface area contributed by atoms with Crippen LogP contribution in [0.25, 0.3) is 0 Å². The number of nitrogen functional groups attached to an aromatic ring is 1. The molecule has 20 heavy (non-hydrogen) atoms. The number of aryl methyl sites for hydroxylation is 1. The highest BCUT2D eigenvalue weighted by Crippen LogP contribution is 2.25. The van der Waals surface area contributed by atoms with E-state index in [0.29, 0.717) is 22.8 Å². The SMILES string of the molecule is Cc1cccc(Nc2nc(C(N)=O)ccc2N)c1C#N. The fourth-order valence-electron chi connectivity index (χ4n) is 1.76. The van der Waals surface area contributed by atoms with Crippen molar-refractivity contribution in [2.75, 3.05) is 11.1 Å². The topological polar surface area (TPSA) is 118 Å². The third-order valence-electron chi connectivity index (χ3n) is 2.82. The van der Waals surface area contributed by atoms with Crippen LogP contribution in [0.2, 0.25) is 0 Å². The highest BCUT2D eigenvalue weighted by atomic mass is 16.1. The lowest BCUT2D eigenvalue weighted by molar-refractivity contribution is 0.0996. The molecular formula is C14H13N5O. The van der Waals surface area contributed by atoms with Gasteiger partial charge in [0.25, 0.3) is 5.91 Å². The Hall–Kier alpha value is -3.07. The zero-order valence-electron chi connectivity index (χ0n) is 10.8. The van der Waals surface area contributed by atoms with Crippen molar-refractivity contribution in [3.63, 3.8) is 0 Å². The summed E-state index contributed by atoms with van der Waals surface area (Å²) in [6.45, 7) is 1.83. The Morgan fingerprint density at radius 1 is 1.35 bits per heavy atom. The molecule has 0 saturated carbocycles. The Morgan fingerprint density at radius 2 is 2.10 bits per heavy atom. The Labute approximate surface area is 116 Å². The lowest BCUT2D eigenvalue weighted by atomic mass is 10.1. The summed E-state index contributed by atoms with van der Waals surface area (Å²) in [5.74, 6) is -0.346. The maximum absolute atomic E-state index is 11.1. The minimum absolute atomic E-state index is 0.105. The van der Waals surface area contributed by atoms with E-state index < -0.39 is 5.91 Å². The van der Waals surface area contributed by atoms with Gasteiger partial charge in [-0.1, -0.05) is 12.1 Å². The number of carbonyl (C=O) groups is 1. The maximum Gasteiger partial charge on any atom is 0.267 e. The van der Waals surface area contributed by atoms with Gasteiger partial charge in [-0.2, -0.15) is 5.26 Å². The lowest BCUT2D eigenvalue weighted by Gasteiger charge is -2.11. The summed E-state index contributed by atoms with van der Waals surface area (Å²) in [7, 11) is 0. The lowest BCUT2D eigenvalue weighted by Crippen LogP contribution is -2.14. The molecule has 0 atom stereocenters. The van der Waals surface area contributed by atoms with Gasteiger partial charge in [0, 0.05) is 0 Å². The number of benzene rings is 1. The van der Waals surface area contributed by atoms with Gasteiger partial charge in [0.05, 0.1) is 16.9 Å². The minimum Gasteiger partial charge on any atom is -0.396 e. The summed E-state index contributed by atoms with van der Waals surface area (Å²) < 4.78 is 0. The number of nitrogens with two attached hydrogens (primary N) is 2. The van der Waals surface area contributed by atoms with Crippen LogP contribution in [0.1, 0.15) is 21.6 Å². The van der Waals surface area contributed by atoms with Gasteiger partial charge < -0.3 is 16.8 Å². The average molecular weight is 267 g/mol. The Kier molecular flexibility index (Phi) is 3.53. The van der Waals surface area contributed by atoms with E-state index in [2.05, 4.69) is 16.4 Å². The van der Waals surface area contributed by atoms with Crippen LogP contribution in [-0.2, 0) is 0 Å². The van der Waals surface area contributed by atoms with Crippen molar-refractivity contribution in [2.24, 2.45) is 5.73 Å². The molecule has 0 aliphatic rings. The third-order valence-corrected chi connectivity index (χ3v) is 2.82. The molecule has 0 aliphatic carbocycles. The van der Waals surface area contributed by atoms with E-state index in [1.54, 1.807) is 6.07 Å². The van der Waals surface area contributed by atoms with Crippen LogP contribution in [0.5, 0.6) is 0 Å². The van der Waals surface area contributed by atoms with Crippen molar-refractivity contribution in [1.29, 1.82) is 5.26 Å². The molecular weight excluding hydrogens is 254 g/mol. The zero-order valence-corrected chi connectivity index (χ0v) is 10.8. The number of hydrogen-bond acceptors (Lipinski definition) is 5. The molecule has 0 unspecified atom stereocenters. The number of nitrogens with one attached hydrogen (secondary N) is 1. The monoisotopic (exact) mass is 267 g/mol. The smallest absolute Gasteiger partial charge is 0.267 e. The van der Waals surface area contributed by atoms with Gasteiger partial charge in [-0.15, -0.1) is 0 Å². The van der Waals surface area contributed by atoms with Crippen LogP contribution in [0, 0.1) is 18.3 Å². The first-order valence-corrected chi connectivity index (χ1v) is 5.86. The van der Waals surface area contributed by atoms with Crippen LogP contribution in [0.4, 0.5) is 17.2 Å². The van der Waals surface area contributed by atoms with Crippen LogP contribution in [0.3, 0.4) is 0 Å². The molecule has 0 radical (unpaired) electrons. The van der Waals surface area contributed by atoms with E-state index in [1.807, 2.05) is 19.1 Å². The van der Waals surface area contributed by atoms with Crippen molar-refractivity contribution in [2.45, 2.75) is 6.92 Å². The molecule has 6 nitrogen and oxygen atoms in total. The van der Waals surface area contributed by atoms with Gasteiger partial charge in [-0.25, -0.2) is 4.98 Å². The fraction of sp³-hybridized carbons (Fsp3) is 0.0714. The predicted octanol–water partition coefficient (Wildman–Crippen LogP) is 1.69. The highest BCUT2D eigenvalue weighted by Gasteiger charge is 2.10. The summed E-state index contributed by atoms with van der Waals surface area (Å²) in [5.41, 5.74) is 13.4. The summed E-state index contributed by atoms with van der Waals surface area (Å²) in [4.78, 5) is 15.2. The normalized spacial score (nSPS) is 9.80. The van der Waals surface area contributed by atoms with Crippen LogP contribution < -0.4 is 16.8 Å². The molecule has 1 aromatic heterocycles. The summed E-state index contributed by atoms with van der Waals surface area (Å²) in [6.07, 6.45) is 0. The van der Waals surface area contributed by atoms with E-state index >= 15 is 0 Å². The van der Waals surface area contributed by atoms with Crippen molar-refractivity contribution in [3.05, 3.63) is 47.2 Å². The Morgan fingerprint density at radius 3 is 2.75 bits per heavy atom. The summed E-state index contributed by atoms with van der Waals surface area (Å²) in [6, 6.07) is 10.5. The van der Waals surface area contributed by atoms with Crippen molar-refractivity contribution in [3.8, 4) is 6.07 Å². The third kappa shape index (κ3) is 2.52. The molecule has 2 rings (SSSR count). The number of primary amides is 1. The van der Waals surface area contributed by atoms with Crippen LogP contribution in [-0.4, -0.2) is 10.9 Å². The van der Waals surface area contributed by atoms with Gasteiger partial charge in [0.1, 0.15) is 11.8 Å². The first-order chi connectivity index (χ1) is 9.52. The molecule has 1 heterocycles. The van der Waals surface area contributed by atoms with Crippen LogP contribution in [0.15, 0.2) is 30.3 Å². The fourth-order valence-corrected chi connectivity index (χ4v) is 1.76. The molecule has 6 heteroatoms. The number of nitrogens with zero attached hydrogens (tertiary/aromatic N) is 2. The van der Waals surface area contributed by atoms with Gasteiger partial charge >= 0.3 is 0 Å². The van der Waals surface area contributed by atoms with Gasteiger partial charge in [-0.05, 0) is 30.7 Å². The molecule has 0 saturated heterocycles. The molecule has 0 fully saturated rings. The number of carbonyl (C=O) groups excluding carboxylic acids is 1. The number of pyridine rings is 1. The molecule has 0 aliphatic heterocycles. The molecule has 0 spiro atoms. The molecule has 2 aromatic rings. The number of anilines is 3. The van der Waals surface area contributed by atoms with Gasteiger partial charge in [-0.3, -0.25) is 4.79 Å². The largest absolute Gasteiger partial charge is 0.396 e. The Bertz CT molecular complexity index is 718. The highest BCUT2D eigenvalue weighted by molar-refractivity contribution is 5.92. The van der Waals surface area contributed by atoms with Gasteiger partial charge in [0.15, 0.2) is 5.82 Å². The molecule has 100 valence electrons. The maximum atomic E-state index is 11.1. The quantitative estimate of drug-likeness (QED) is 0.782. The number of amides is 1. The standard InChI is InChI=1S/C14H13N5O/c1-8-3-2-4-11(9(8)7-15)18-14-10(16)5-6-12(19-14)13(17)20/h2-6H,16H2,1H3,(H2,17,20)(H,18,19). The molecule has 1 amide bonds. The molecule has 0 bridgehead atoms. The Balaban J connectivity index is 2.45. The van der Waals surface area contributed by atoms with E-state index in [0.717, 1.165) is 5.56 Å². The van der Waals surface area contributed by atoms with E-state index in [-0.39, 0.29) is 5.69 Å². The van der Waals surface area contributed by atoms with Gasteiger partial charge in [0.2, 0.25) is 0 Å². The van der Waals surface area contributed by atoms with Crippen molar-refractivity contribution >= 4 is 23.1 Å². The number of rotatable bonds is 3. The molecule has 5 N–H and O–H groups in total. The van der Waals surface area contributed by atoms with Crippen molar-refractivity contribution < 1.29 is 4.79 Å². The second kappa shape index (κ2) is 5.28. The number of hydrogen-bond donors (Lipinski definition) is 3. The van der Waals surface area contributed by atoms with E-state index in [4.69, 9.17) is 11.5 Å². The summed E-state index contributed by atoms with van der Waals surface area (Å²) in [5, 5.41) is 12.1. The molecule has 1 aromatic carbocycles.